The SMILES string of the molecule is COC(=O)Cc1c(C(=O)OC)ccc(-c2ccccc2C(F)(F)F)c1S(N)(=O)=O. The number of hydrogen-bond donors (Lipinski definition) is 1. The lowest BCUT2D eigenvalue weighted by molar-refractivity contribution is -0.140. The molecule has 0 saturated carbocycles. The first-order valence-electron chi connectivity index (χ1n) is 7.92. The number of carbonyl (C=O) groups excluding carboxylic acids is 2. The van der Waals surface area contributed by atoms with Crippen molar-refractivity contribution in [1.82, 2.24) is 0 Å². The van der Waals surface area contributed by atoms with E-state index >= 15 is 0 Å². The molecule has 7 nitrogen and oxygen atoms in total. The number of carbonyl (C=O) groups is 2. The first-order chi connectivity index (χ1) is 13.4. The van der Waals surface area contributed by atoms with Crippen molar-refractivity contribution in [2.24, 2.45) is 5.14 Å². The number of halogens is 3. The molecule has 2 aromatic carbocycles. The summed E-state index contributed by atoms with van der Waals surface area (Å²) in [6.07, 6.45) is -5.52. The Balaban J connectivity index is 2.98. The Hall–Kier alpha value is -2.92. The quantitative estimate of drug-likeness (QED) is 0.728. The Bertz CT molecular complexity index is 1060. The van der Waals surface area contributed by atoms with Crippen molar-refractivity contribution in [2.75, 3.05) is 14.2 Å². The molecule has 2 rings (SSSR count). The van der Waals surface area contributed by atoms with Crippen molar-refractivity contribution in [3.63, 3.8) is 0 Å². The Morgan fingerprint density at radius 3 is 2.14 bits per heavy atom. The highest BCUT2D eigenvalue weighted by Gasteiger charge is 2.36. The van der Waals surface area contributed by atoms with Gasteiger partial charge in [0.2, 0.25) is 10.0 Å². The fourth-order valence-electron chi connectivity index (χ4n) is 2.82. The Kier molecular flexibility index (Phi) is 6.34. The second kappa shape index (κ2) is 8.21. The summed E-state index contributed by atoms with van der Waals surface area (Å²) in [4.78, 5) is 23.1. The second-order valence-electron chi connectivity index (χ2n) is 5.80. The van der Waals surface area contributed by atoms with Gasteiger partial charge in [-0.25, -0.2) is 18.4 Å². The van der Waals surface area contributed by atoms with Gasteiger partial charge in [-0.05, 0) is 23.3 Å². The third kappa shape index (κ3) is 4.74. The molecule has 0 radical (unpaired) electrons. The number of hydrogen-bond acceptors (Lipinski definition) is 6. The minimum Gasteiger partial charge on any atom is -0.469 e. The van der Waals surface area contributed by atoms with Gasteiger partial charge in [0.1, 0.15) is 0 Å². The number of alkyl halides is 3. The predicted octanol–water partition coefficient (Wildman–Crippen LogP) is 2.52. The van der Waals surface area contributed by atoms with Crippen LogP contribution in [0.3, 0.4) is 0 Å². The standard InChI is InChI=1S/C18H16F3NO6S/c1-27-15(23)9-13-12(17(24)28-2)8-7-11(16(13)29(22,25)26)10-5-3-4-6-14(10)18(19,20)21/h3-8H,9H2,1-2H3,(H2,22,25,26). The minimum absolute atomic E-state index is 0.338. The molecule has 0 amide bonds. The van der Waals surface area contributed by atoms with E-state index in [1.54, 1.807) is 0 Å². The number of primary sulfonamides is 1. The van der Waals surface area contributed by atoms with E-state index in [1.165, 1.54) is 6.07 Å². The summed E-state index contributed by atoms with van der Waals surface area (Å²) in [5, 5.41) is 5.27. The number of methoxy groups -OCH3 is 2. The maximum atomic E-state index is 13.5. The number of nitrogens with two attached hydrogens (primary N) is 1. The first-order valence-corrected chi connectivity index (χ1v) is 9.46. The number of benzene rings is 2. The molecule has 0 fully saturated rings. The van der Waals surface area contributed by atoms with E-state index in [0.29, 0.717) is 0 Å². The summed E-state index contributed by atoms with van der Waals surface area (Å²) < 4.78 is 74.1. The first kappa shape index (κ1) is 22.4. The molecular weight excluding hydrogens is 415 g/mol. The second-order valence-corrected chi connectivity index (χ2v) is 7.30. The number of ether oxygens (including phenoxy) is 2. The lowest BCUT2D eigenvalue weighted by Crippen LogP contribution is -2.21. The number of rotatable bonds is 5. The van der Waals surface area contributed by atoms with Crippen LogP contribution in [0.4, 0.5) is 13.2 Å². The van der Waals surface area contributed by atoms with E-state index in [0.717, 1.165) is 44.6 Å². The maximum absolute atomic E-state index is 13.5. The Morgan fingerprint density at radius 2 is 1.62 bits per heavy atom. The lowest BCUT2D eigenvalue weighted by atomic mass is 9.94. The van der Waals surface area contributed by atoms with Gasteiger partial charge in [0.25, 0.3) is 0 Å². The zero-order valence-electron chi connectivity index (χ0n) is 15.2. The van der Waals surface area contributed by atoms with Gasteiger partial charge in [-0.15, -0.1) is 0 Å². The molecule has 0 aliphatic rings. The van der Waals surface area contributed by atoms with Crippen LogP contribution < -0.4 is 5.14 Å². The number of sulfonamides is 1. The van der Waals surface area contributed by atoms with E-state index < -0.39 is 61.7 Å². The molecule has 0 saturated heterocycles. The largest absolute Gasteiger partial charge is 0.469 e. The average Bonchev–Trinajstić information content (AvgIpc) is 2.65. The van der Waals surface area contributed by atoms with Crippen LogP contribution in [0.25, 0.3) is 11.1 Å². The molecule has 156 valence electrons. The van der Waals surface area contributed by atoms with Crippen LogP contribution in [-0.4, -0.2) is 34.6 Å². The van der Waals surface area contributed by atoms with Gasteiger partial charge in [0.15, 0.2) is 0 Å². The Labute approximate surface area is 164 Å². The fraction of sp³-hybridized carbons (Fsp3) is 0.222. The van der Waals surface area contributed by atoms with Gasteiger partial charge in [0, 0.05) is 5.56 Å². The number of esters is 2. The van der Waals surface area contributed by atoms with Crippen molar-refractivity contribution in [1.29, 1.82) is 0 Å². The van der Waals surface area contributed by atoms with Crippen LogP contribution in [0.2, 0.25) is 0 Å². The monoisotopic (exact) mass is 431 g/mol. The van der Waals surface area contributed by atoms with Crippen molar-refractivity contribution in [2.45, 2.75) is 17.5 Å². The normalized spacial score (nSPS) is 11.8. The zero-order valence-corrected chi connectivity index (χ0v) is 16.1. The van der Waals surface area contributed by atoms with Gasteiger partial charge >= 0.3 is 18.1 Å². The molecule has 11 heteroatoms. The molecule has 0 atom stereocenters. The van der Waals surface area contributed by atoms with E-state index in [9.17, 15) is 31.2 Å². The summed E-state index contributed by atoms with van der Waals surface area (Å²) in [6.45, 7) is 0. The van der Waals surface area contributed by atoms with Gasteiger partial charge in [0.05, 0.1) is 36.7 Å². The van der Waals surface area contributed by atoms with Crippen molar-refractivity contribution in [3.05, 3.63) is 53.1 Å². The molecule has 2 aromatic rings. The third-order valence-corrected chi connectivity index (χ3v) is 5.06. The lowest BCUT2D eigenvalue weighted by Gasteiger charge is -2.19. The molecule has 0 unspecified atom stereocenters. The highest BCUT2D eigenvalue weighted by atomic mass is 32.2. The predicted molar refractivity (Wildman–Crippen MR) is 95.3 cm³/mol. The van der Waals surface area contributed by atoms with E-state index in [1.807, 2.05) is 0 Å². The van der Waals surface area contributed by atoms with Gasteiger partial charge in [-0.3, -0.25) is 4.79 Å². The van der Waals surface area contributed by atoms with Crippen LogP contribution in [-0.2, 0) is 36.9 Å². The fourth-order valence-corrected chi connectivity index (χ4v) is 3.83. The smallest absolute Gasteiger partial charge is 0.417 e. The molecular formula is C18H16F3NO6S. The maximum Gasteiger partial charge on any atom is 0.417 e. The molecule has 0 spiro atoms. The molecule has 0 bridgehead atoms. The zero-order chi connectivity index (χ0) is 22.0. The minimum atomic E-state index is -4.80. The van der Waals surface area contributed by atoms with Crippen LogP contribution >= 0.6 is 0 Å². The van der Waals surface area contributed by atoms with E-state index in [4.69, 9.17) is 5.14 Å². The van der Waals surface area contributed by atoms with Crippen molar-refractivity contribution >= 4 is 22.0 Å². The van der Waals surface area contributed by atoms with E-state index in [2.05, 4.69) is 9.47 Å². The molecule has 29 heavy (non-hydrogen) atoms. The van der Waals surface area contributed by atoms with Crippen LogP contribution in [0.1, 0.15) is 21.5 Å². The van der Waals surface area contributed by atoms with Gasteiger partial charge in [-0.1, -0.05) is 24.3 Å². The summed E-state index contributed by atoms with van der Waals surface area (Å²) in [5.74, 6) is -1.93. The molecule has 0 aromatic heterocycles. The molecule has 0 aliphatic carbocycles. The third-order valence-electron chi connectivity index (χ3n) is 4.02. The average molecular weight is 431 g/mol. The summed E-state index contributed by atoms with van der Waals surface area (Å²) in [5.41, 5.74) is -2.76. The molecule has 0 aliphatic heterocycles. The summed E-state index contributed by atoms with van der Waals surface area (Å²) in [6, 6.07) is 6.34. The molecule has 2 N–H and O–H groups in total. The summed E-state index contributed by atoms with van der Waals surface area (Å²) in [7, 11) is -2.63. The highest BCUT2D eigenvalue weighted by Crippen LogP contribution is 2.40. The van der Waals surface area contributed by atoms with Gasteiger partial charge < -0.3 is 9.47 Å². The van der Waals surface area contributed by atoms with Gasteiger partial charge in [-0.2, -0.15) is 13.2 Å². The van der Waals surface area contributed by atoms with Crippen LogP contribution in [0.15, 0.2) is 41.3 Å². The Morgan fingerprint density at radius 1 is 1.00 bits per heavy atom. The van der Waals surface area contributed by atoms with Crippen molar-refractivity contribution in [3.8, 4) is 11.1 Å². The van der Waals surface area contributed by atoms with Crippen LogP contribution in [0.5, 0.6) is 0 Å². The summed E-state index contributed by atoms with van der Waals surface area (Å²) >= 11 is 0. The van der Waals surface area contributed by atoms with Crippen molar-refractivity contribution < 1.29 is 40.7 Å². The van der Waals surface area contributed by atoms with E-state index in [-0.39, 0.29) is 5.56 Å². The van der Waals surface area contributed by atoms with Crippen LogP contribution in [0, 0.1) is 0 Å². The molecule has 0 heterocycles. The topological polar surface area (TPSA) is 113 Å². The highest BCUT2D eigenvalue weighted by molar-refractivity contribution is 7.89.